The van der Waals surface area contributed by atoms with Crippen molar-refractivity contribution in [2.24, 2.45) is 0 Å². The third kappa shape index (κ3) is 4.87. The lowest BCUT2D eigenvalue weighted by Crippen LogP contribution is -2.48. The molecule has 2 heterocycles. The number of para-hydroxylation sites is 1. The van der Waals surface area contributed by atoms with E-state index in [1.807, 2.05) is 41.3 Å². The summed E-state index contributed by atoms with van der Waals surface area (Å²) in [4.78, 5) is 17.2. The van der Waals surface area contributed by atoms with Gasteiger partial charge in [0.15, 0.2) is 5.76 Å². The number of carbonyl (C=O) groups excluding carboxylic acids is 1. The number of piperazine rings is 1. The minimum absolute atomic E-state index is 0.0585. The largest absolute Gasteiger partial charge is 0.489 e. The van der Waals surface area contributed by atoms with Crippen LogP contribution in [-0.2, 0) is 13.2 Å². The molecule has 0 saturated carbocycles. The predicted octanol–water partition coefficient (Wildman–Crippen LogP) is 4.13. The molecule has 0 atom stereocenters. The van der Waals surface area contributed by atoms with E-state index in [2.05, 4.69) is 36.1 Å². The average Bonchev–Trinajstić information content (AvgIpc) is 3.22. The Morgan fingerprint density at radius 3 is 2.55 bits per heavy atom. The Morgan fingerprint density at radius 2 is 1.79 bits per heavy atom. The van der Waals surface area contributed by atoms with E-state index >= 15 is 0 Å². The Morgan fingerprint density at radius 1 is 1.00 bits per heavy atom. The van der Waals surface area contributed by atoms with Crippen molar-refractivity contribution in [2.45, 2.75) is 20.1 Å². The molecular formula is C24H26N2O3. The van der Waals surface area contributed by atoms with Gasteiger partial charge in [0, 0.05) is 38.3 Å². The highest BCUT2D eigenvalue weighted by Gasteiger charge is 2.26. The molecule has 0 bridgehead atoms. The molecule has 1 aliphatic heterocycles. The first kappa shape index (κ1) is 19.3. The van der Waals surface area contributed by atoms with Crippen LogP contribution in [0.2, 0.25) is 0 Å². The summed E-state index contributed by atoms with van der Waals surface area (Å²) >= 11 is 0. The monoisotopic (exact) mass is 390 g/mol. The van der Waals surface area contributed by atoms with Gasteiger partial charge in [-0.3, -0.25) is 9.69 Å². The molecule has 0 unspecified atom stereocenters. The number of amides is 1. The van der Waals surface area contributed by atoms with Gasteiger partial charge in [-0.1, -0.05) is 48.0 Å². The summed E-state index contributed by atoms with van der Waals surface area (Å²) in [7, 11) is 0. The van der Waals surface area contributed by atoms with Gasteiger partial charge in [0.2, 0.25) is 0 Å². The Labute approximate surface area is 171 Å². The zero-order valence-electron chi connectivity index (χ0n) is 16.7. The number of benzene rings is 2. The van der Waals surface area contributed by atoms with Gasteiger partial charge in [-0.2, -0.15) is 0 Å². The van der Waals surface area contributed by atoms with Crippen molar-refractivity contribution < 1.29 is 13.9 Å². The van der Waals surface area contributed by atoms with Crippen molar-refractivity contribution in [1.82, 2.24) is 9.80 Å². The SMILES string of the molecule is Cc1cccc(CN2CCN(C(=O)c3occc3COc3ccccc3)CC2)c1. The Balaban J connectivity index is 1.32. The Hall–Kier alpha value is -3.05. The minimum atomic E-state index is -0.0585. The second-order valence-corrected chi connectivity index (χ2v) is 7.43. The number of furan rings is 1. The highest BCUT2D eigenvalue weighted by atomic mass is 16.5. The smallest absolute Gasteiger partial charge is 0.290 e. The van der Waals surface area contributed by atoms with Gasteiger partial charge in [-0.05, 0) is 30.7 Å². The summed E-state index contributed by atoms with van der Waals surface area (Å²) in [5, 5.41) is 0. The van der Waals surface area contributed by atoms with Crippen molar-refractivity contribution in [3.63, 3.8) is 0 Å². The van der Waals surface area contributed by atoms with E-state index in [9.17, 15) is 4.79 Å². The fourth-order valence-corrected chi connectivity index (χ4v) is 3.64. The second-order valence-electron chi connectivity index (χ2n) is 7.43. The summed E-state index contributed by atoms with van der Waals surface area (Å²) in [6.07, 6.45) is 1.56. The summed E-state index contributed by atoms with van der Waals surface area (Å²) in [6.45, 7) is 6.46. The number of carbonyl (C=O) groups is 1. The van der Waals surface area contributed by atoms with Crippen LogP contribution in [0.3, 0.4) is 0 Å². The van der Waals surface area contributed by atoms with Gasteiger partial charge in [-0.15, -0.1) is 0 Å². The van der Waals surface area contributed by atoms with Gasteiger partial charge in [0.25, 0.3) is 5.91 Å². The van der Waals surface area contributed by atoms with E-state index in [1.54, 1.807) is 6.26 Å². The topological polar surface area (TPSA) is 45.9 Å². The van der Waals surface area contributed by atoms with Crippen molar-refractivity contribution in [2.75, 3.05) is 26.2 Å². The van der Waals surface area contributed by atoms with Crippen LogP contribution in [0, 0.1) is 6.92 Å². The summed E-state index contributed by atoms with van der Waals surface area (Å²) in [6, 6.07) is 20.0. The van der Waals surface area contributed by atoms with Crippen LogP contribution in [-0.4, -0.2) is 41.9 Å². The summed E-state index contributed by atoms with van der Waals surface area (Å²) in [5.74, 6) is 1.10. The highest BCUT2D eigenvalue weighted by molar-refractivity contribution is 5.93. The molecule has 0 spiro atoms. The lowest BCUT2D eigenvalue weighted by Gasteiger charge is -2.34. The lowest BCUT2D eigenvalue weighted by molar-refractivity contribution is 0.0594. The molecular weight excluding hydrogens is 364 g/mol. The van der Waals surface area contributed by atoms with Gasteiger partial charge in [-0.25, -0.2) is 0 Å². The van der Waals surface area contributed by atoms with Crippen molar-refractivity contribution in [3.05, 3.63) is 89.4 Å². The van der Waals surface area contributed by atoms with E-state index in [1.165, 1.54) is 11.1 Å². The number of nitrogens with zero attached hydrogens (tertiary/aromatic N) is 2. The minimum Gasteiger partial charge on any atom is -0.489 e. The third-order valence-corrected chi connectivity index (χ3v) is 5.23. The van der Waals surface area contributed by atoms with E-state index in [0.717, 1.165) is 30.9 Å². The van der Waals surface area contributed by atoms with Crippen LogP contribution in [0.1, 0.15) is 27.2 Å². The van der Waals surface area contributed by atoms with Crippen LogP contribution in [0.4, 0.5) is 0 Å². The standard InChI is InChI=1S/C24H26N2O3/c1-19-6-5-7-20(16-19)17-25-11-13-26(14-12-25)24(27)23-21(10-15-28-23)18-29-22-8-3-2-4-9-22/h2-10,15-16H,11-14,17-18H2,1H3. The maximum absolute atomic E-state index is 13.0. The first-order valence-electron chi connectivity index (χ1n) is 10.0. The van der Waals surface area contributed by atoms with E-state index < -0.39 is 0 Å². The van der Waals surface area contributed by atoms with Crippen molar-refractivity contribution in [3.8, 4) is 5.75 Å². The molecule has 0 radical (unpaired) electrons. The molecule has 5 nitrogen and oxygen atoms in total. The van der Waals surface area contributed by atoms with E-state index in [-0.39, 0.29) is 5.91 Å². The van der Waals surface area contributed by atoms with Crippen LogP contribution >= 0.6 is 0 Å². The normalized spacial score (nSPS) is 14.7. The maximum atomic E-state index is 13.0. The number of hydrogen-bond donors (Lipinski definition) is 0. The zero-order chi connectivity index (χ0) is 20.1. The molecule has 2 aromatic carbocycles. The molecule has 3 aromatic rings. The molecule has 150 valence electrons. The molecule has 29 heavy (non-hydrogen) atoms. The molecule has 1 fully saturated rings. The van der Waals surface area contributed by atoms with Crippen molar-refractivity contribution in [1.29, 1.82) is 0 Å². The molecule has 1 aliphatic rings. The molecule has 5 heteroatoms. The summed E-state index contributed by atoms with van der Waals surface area (Å²) in [5.41, 5.74) is 3.37. The molecule has 4 rings (SSSR count). The van der Waals surface area contributed by atoms with Gasteiger partial charge in [0.05, 0.1) is 6.26 Å². The third-order valence-electron chi connectivity index (χ3n) is 5.23. The molecule has 1 saturated heterocycles. The number of hydrogen-bond acceptors (Lipinski definition) is 4. The van der Waals surface area contributed by atoms with Gasteiger partial charge in [0.1, 0.15) is 12.4 Å². The quantitative estimate of drug-likeness (QED) is 0.635. The fourth-order valence-electron chi connectivity index (χ4n) is 3.64. The molecule has 1 amide bonds. The molecule has 0 N–H and O–H groups in total. The highest BCUT2D eigenvalue weighted by Crippen LogP contribution is 2.19. The average molecular weight is 390 g/mol. The van der Waals surface area contributed by atoms with E-state index in [0.29, 0.717) is 25.5 Å². The maximum Gasteiger partial charge on any atom is 0.290 e. The van der Waals surface area contributed by atoms with E-state index in [4.69, 9.17) is 9.15 Å². The lowest BCUT2D eigenvalue weighted by atomic mass is 10.1. The summed E-state index contributed by atoms with van der Waals surface area (Å²) < 4.78 is 11.3. The molecule has 1 aromatic heterocycles. The first-order chi connectivity index (χ1) is 14.2. The fraction of sp³-hybridized carbons (Fsp3) is 0.292. The van der Waals surface area contributed by atoms with Gasteiger partial charge >= 0.3 is 0 Å². The predicted molar refractivity (Wildman–Crippen MR) is 112 cm³/mol. The number of ether oxygens (including phenoxy) is 1. The second kappa shape index (κ2) is 8.97. The number of aryl methyl sites for hydroxylation is 1. The van der Waals surface area contributed by atoms with Crippen LogP contribution < -0.4 is 4.74 Å². The first-order valence-corrected chi connectivity index (χ1v) is 10.0. The van der Waals surface area contributed by atoms with Crippen molar-refractivity contribution >= 4 is 5.91 Å². The van der Waals surface area contributed by atoms with Crippen LogP contribution in [0.25, 0.3) is 0 Å². The molecule has 0 aliphatic carbocycles. The number of rotatable bonds is 6. The van der Waals surface area contributed by atoms with Crippen LogP contribution in [0.5, 0.6) is 5.75 Å². The Kier molecular flexibility index (Phi) is 5.96. The Bertz CT molecular complexity index is 944. The zero-order valence-corrected chi connectivity index (χ0v) is 16.7. The van der Waals surface area contributed by atoms with Crippen LogP contribution in [0.15, 0.2) is 71.3 Å². The van der Waals surface area contributed by atoms with Gasteiger partial charge < -0.3 is 14.1 Å².